The van der Waals surface area contributed by atoms with E-state index in [0.29, 0.717) is 18.2 Å². The van der Waals surface area contributed by atoms with E-state index in [9.17, 15) is 4.79 Å². The number of carbonyl (C=O) groups is 2. The molecule has 2 aromatic carbocycles. The zero-order chi connectivity index (χ0) is 22.2. The van der Waals surface area contributed by atoms with Gasteiger partial charge in [-0.15, -0.1) is 0 Å². The van der Waals surface area contributed by atoms with Crippen molar-refractivity contribution in [3.8, 4) is 11.3 Å². The maximum atomic E-state index is 12.6. The van der Waals surface area contributed by atoms with Gasteiger partial charge in [-0.25, -0.2) is 9.97 Å². The van der Waals surface area contributed by atoms with Gasteiger partial charge in [-0.1, -0.05) is 37.3 Å². The van der Waals surface area contributed by atoms with Gasteiger partial charge in [0, 0.05) is 29.1 Å². The van der Waals surface area contributed by atoms with Gasteiger partial charge in [0.15, 0.2) is 0 Å². The lowest BCUT2D eigenvalue weighted by Gasteiger charge is -2.22. The minimum Gasteiger partial charge on any atom is -0.483 e. The highest BCUT2D eigenvalue weighted by Crippen LogP contribution is 2.26. The summed E-state index contributed by atoms with van der Waals surface area (Å²) < 4.78 is 0. The summed E-state index contributed by atoms with van der Waals surface area (Å²) in [5.74, 6) is 0.728. The molecular formula is C24H28N4O3. The van der Waals surface area contributed by atoms with E-state index in [-0.39, 0.29) is 12.4 Å². The van der Waals surface area contributed by atoms with Crippen LogP contribution in [0.2, 0.25) is 0 Å². The number of amides is 1. The normalized spacial score (nSPS) is 15.9. The number of carbonyl (C=O) groups excluding carboxylic acids is 1. The van der Waals surface area contributed by atoms with Gasteiger partial charge >= 0.3 is 0 Å². The van der Waals surface area contributed by atoms with Gasteiger partial charge in [0.25, 0.3) is 12.4 Å². The highest BCUT2D eigenvalue weighted by molar-refractivity contribution is 5.96. The monoisotopic (exact) mass is 420 g/mol. The molecule has 1 fully saturated rings. The Bertz CT molecular complexity index is 1040. The highest BCUT2D eigenvalue weighted by Gasteiger charge is 2.23. The first-order valence-electron chi connectivity index (χ1n) is 10.5. The van der Waals surface area contributed by atoms with Gasteiger partial charge < -0.3 is 10.4 Å². The van der Waals surface area contributed by atoms with Crippen molar-refractivity contribution in [2.24, 2.45) is 0 Å². The predicted molar refractivity (Wildman–Crippen MR) is 121 cm³/mol. The van der Waals surface area contributed by atoms with Crippen molar-refractivity contribution in [2.75, 3.05) is 19.6 Å². The number of likely N-dealkylation sites (N-methyl/N-ethyl adjacent to an activating group) is 1. The van der Waals surface area contributed by atoms with E-state index < -0.39 is 0 Å². The van der Waals surface area contributed by atoms with Crippen molar-refractivity contribution in [2.45, 2.75) is 32.7 Å². The molecule has 1 aromatic heterocycles. The van der Waals surface area contributed by atoms with Crippen LogP contribution in [0.4, 0.5) is 0 Å². The molecule has 0 radical (unpaired) electrons. The van der Waals surface area contributed by atoms with Crippen LogP contribution in [0.1, 0.15) is 35.9 Å². The van der Waals surface area contributed by atoms with Crippen LogP contribution < -0.4 is 5.32 Å². The van der Waals surface area contributed by atoms with Crippen LogP contribution in [0.3, 0.4) is 0 Å². The number of nitrogens with zero attached hydrogens (tertiary/aromatic N) is 3. The summed E-state index contributed by atoms with van der Waals surface area (Å²) in [4.78, 5) is 32.5. The van der Waals surface area contributed by atoms with Crippen LogP contribution >= 0.6 is 0 Å². The molecule has 1 amide bonds. The van der Waals surface area contributed by atoms with Gasteiger partial charge in [0.2, 0.25) is 0 Å². The number of aryl methyl sites for hydroxylation is 1. The molecule has 1 atom stereocenters. The van der Waals surface area contributed by atoms with Crippen LogP contribution in [0, 0.1) is 6.92 Å². The fourth-order valence-corrected chi connectivity index (χ4v) is 4.05. The zero-order valence-corrected chi connectivity index (χ0v) is 17.9. The standard InChI is InChI=1S/C23H26N4O.CH2O2/c1-3-27-14-6-7-19(27)15-24-23(28)18-12-10-17(11-13-18)22-20-8-4-5-9-21(20)25-16(2)26-22;2-1-3/h4-5,8-13,19H,3,6-7,14-15H2,1-2H3,(H,24,28);1H,(H,2,3). The van der Waals surface area contributed by atoms with E-state index in [0.717, 1.165) is 47.5 Å². The Morgan fingerprint density at radius 1 is 1.19 bits per heavy atom. The molecule has 1 aliphatic heterocycles. The van der Waals surface area contributed by atoms with Gasteiger partial charge in [-0.3, -0.25) is 14.5 Å². The number of nitrogens with one attached hydrogen (secondary N) is 1. The molecule has 0 spiro atoms. The molecule has 4 rings (SSSR count). The molecule has 1 unspecified atom stereocenters. The van der Waals surface area contributed by atoms with Crippen LogP contribution in [-0.2, 0) is 4.79 Å². The lowest BCUT2D eigenvalue weighted by atomic mass is 10.0. The van der Waals surface area contributed by atoms with Crippen LogP contribution in [-0.4, -0.2) is 58.0 Å². The Labute approximate surface area is 182 Å². The highest BCUT2D eigenvalue weighted by atomic mass is 16.3. The molecule has 1 aliphatic rings. The summed E-state index contributed by atoms with van der Waals surface area (Å²) in [5, 5.41) is 11.0. The summed E-state index contributed by atoms with van der Waals surface area (Å²) in [5.41, 5.74) is 3.51. The van der Waals surface area contributed by atoms with Crippen molar-refractivity contribution in [1.29, 1.82) is 0 Å². The van der Waals surface area contributed by atoms with E-state index in [1.54, 1.807) is 0 Å². The van der Waals surface area contributed by atoms with Gasteiger partial charge in [-0.2, -0.15) is 0 Å². The second kappa shape index (κ2) is 10.6. The fourth-order valence-electron chi connectivity index (χ4n) is 4.05. The quantitative estimate of drug-likeness (QED) is 0.613. The van der Waals surface area contributed by atoms with E-state index in [2.05, 4.69) is 27.1 Å². The first kappa shape index (κ1) is 22.4. The molecule has 162 valence electrons. The third kappa shape index (κ3) is 5.44. The molecule has 0 saturated carbocycles. The van der Waals surface area contributed by atoms with E-state index in [4.69, 9.17) is 9.90 Å². The molecule has 0 bridgehead atoms. The van der Waals surface area contributed by atoms with Crippen LogP contribution in [0.5, 0.6) is 0 Å². The Morgan fingerprint density at radius 2 is 1.90 bits per heavy atom. The summed E-state index contributed by atoms with van der Waals surface area (Å²) >= 11 is 0. The number of carboxylic acid groups (broad SMARTS) is 1. The number of para-hydroxylation sites is 1. The molecule has 2 N–H and O–H groups in total. The number of hydrogen-bond donors (Lipinski definition) is 2. The molecule has 31 heavy (non-hydrogen) atoms. The molecule has 7 heteroatoms. The molecule has 0 aliphatic carbocycles. The molecule has 1 saturated heterocycles. The third-order valence-corrected chi connectivity index (χ3v) is 5.54. The second-order valence-electron chi connectivity index (χ2n) is 7.45. The van der Waals surface area contributed by atoms with Crippen molar-refractivity contribution in [3.63, 3.8) is 0 Å². The number of aromatic nitrogens is 2. The number of fused-ring (bicyclic) bond motifs is 1. The topological polar surface area (TPSA) is 95.4 Å². The summed E-state index contributed by atoms with van der Waals surface area (Å²) in [6.45, 7) is 6.72. The van der Waals surface area contributed by atoms with Gasteiger partial charge in [0.05, 0.1) is 11.2 Å². The Hall–Kier alpha value is -3.32. The lowest BCUT2D eigenvalue weighted by molar-refractivity contribution is -0.122. The summed E-state index contributed by atoms with van der Waals surface area (Å²) in [6.07, 6.45) is 2.38. The minimum atomic E-state index is -0.250. The molecule has 2 heterocycles. The SMILES string of the molecule is CCN1CCCC1CNC(=O)c1ccc(-c2nc(C)nc3ccccc23)cc1.O=CO. The number of hydrogen-bond acceptors (Lipinski definition) is 5. The molecule has 3 aromatic rings. The van der Waals surface area contributed by atoms with Crippen molar-refractivity contribution < 1.29 is 14.7 Å². The predicted octanol–water partition coefficient (Wildman–Crippen LogP) is 3.52. The van der Waals surface area contributed by atoms with Gasteiger partial charge in [-0.05, 0) is 51.1 Å². The van der Waals surface area contributed by atoms with E-state index in [1.165, 1.54) is 6.42 Å². The zero-order valence-electron chi connectivity index (χ0n) is 17.9. The van der Waals surface area contributed by atoms with Gasteiger partial charge in [0.1, 0.15) is 5.82 Å². The van der Waals surface area contributed by atoms with E-state index in [1.807, 2.05) is 55.5 Å². The van der Waals surface area contributed by atoms with Crippen molar-refractivity contribution in [1.82, 2.24) is 20.2 Å². The summed E-state index contributed by atoms with van der Waals surface area (Å²) in [6, 6.07) is 16.2. The number of likely N-dealkylation sites (tertiary alicyclic amines) is 1. The van der Waals surface area contributed by atoms with Crippen LogP contribution in [0.15, 0.2) is 48.5 Å². The Morgan fingerprint density at radius 3 is 2.61 bits per heavy atom. The lowest BCUT2D eigenvalue weighted by Crippen LogP contribution is -2.40. The maximum absolute atomic E-state index is 12.6. The average Bonchev–Trinajstić information content (AvgIpc) is 3.25. The molecule has 7 nitrogen and oxygen atoms in total. The summed E-state index contributed by atoms with van der Waals surface area (Å²) in [7, 11) is 0. The number of rotatable bonds is 5. The first-order chi connectivity index (χ1) is 15.1. The van der Waals surface area contributed by atoms with Crippen molar-refractivity contribution in [3.05, 3.63) is 59.9 Å². The van der Waals surface area contributed by atoms with Crippen molar-refractivity contribution >= 4 is 23.3 Å². The third-order valence-electron chi connectivity index (χ3n) is 5.54. The Kier molecular flexibility index (Phi) is 7.67. The number of benzene rings is 2. The largest absolute Gasteiger partial charge is 0.483 e. The van der Waals surface area contributed by atoms with Crippen LogP contribution in [0.25, 0.3) is 22.2 Å². The minimum absolute atomic E-state index is 0.0155. The second-order valence-corrected chi connectivity index (χ2v) is 7.45. The smallest absolute Gasteiger partial charge is 0.290 e. The fraction of sp³-hybridized carbons (Fsp3) is 0.333. The van der Waals surface area contributed by atoms with E-state index >= 15 is 0 Å². The first-order valence-corrected chi connectivity index (χ1v) is 10.5. The Balaban J connectivity index is 0.000000858. The average molecular weight is 421 g/mol. The maximum Gasteiger partial charge on any atom is 0.290 e. The molecular weight excluding hydrogens is 392 g/mol.